The molecule has 0 bridgehead atoms. The first-order chi connectivity index (χ1) is 6.22. The normalized spacial score (nSPS) is 12.5. The number of aliphatic hydroxyl groups is 1. The molecule has 0 saturated heterocycles. The highest BCUT2D eigenvalue weighted by atomic mass is 35.5. The standard InChI is InChI=1S/C8H12ClN3O/c1-6(2-3-13)12-8-4-7(9)10-5-11-8/h4-6,13H,2-3H2,1H3,(H,10,11,12). The summed E-state index contributed by atoms with van der Waals surface area (Å²) in [7, 11) is 0. The van der Waals surface area contributed by atoms with E-state index in [2.05, 4.69) is 15.3 Å². The van der Waals surface area contributed by atoms with Gasteiger partial charge >= 0.3 is 0 Å². The molecule has 4 nitrogen and oxygen atoms in total. The Morgan fingerprint density at radius 1 is 1.62 bits per heavy atom. The number of aromatic nitrogens is 2. The second kappa shape index (κ2) is 4.99. The Morgan fingerprint density at radius 3 is 3.00 bits per heavy atom. The van der Waals surface area contributed by atoms with E-state index in [4.69, 9.17) is 16.7 Å². The Bertz CT molecular complexity index is 269. The van der Waals surface area contributed by atoms with Gasteiger partial charge < -0.3 is 10.4 Å². The summed E-state index contributed by atoms with van der Waals surface area (Å²) in [5.74, 6) is 0.681. The summed E-state index contributed by atoms with van der Waals surface area (Å²) in [4.78, 5) is 7.73. The van der Waals surface area contributed by atoms with E-state index >= 15 is 0 Å². The van der Waals surface area contributed by atoms with Crippen LogP contribution < -0.4 is 5.32 Å². The Hall–Kier alpha value is -0.870. The molecule has 0 aromatic carbocycles. The van der Waals surface area contributed by atoms with E-state index in [9.17, 15) is 0 Å². The van der Waals surface area contributed by atoms with Crippen LogP contribution in [0.25, 0.3) is 0 Å². The Labute approximate surface area is 82.0 Å². The highest BCUT2D eigenvalue weighted by molar-refractivity contribution is 6.29. The van der Waals surface area contributed by atoms with E-state index in [-0.39, 0.29) is 12.6 Å². The van der Waals surface area contributed by atoms with Crippen LogP contribution in [0.4, 0.5) is 5.82 Å². The summed E-state index contributed by atoms with van der Waals surface area (Å²) in [6.07, 6.45) is 2.08. The lowest BCUT2D eigenvalue weighted by molar-refractivity contribution is 0.282. The molecule has 0 aliphatic heterocycles. The fourth-order valence-electron chi connectivity index (χ4n) is 0.931. The summed E-state index contributed by atoms with van der Waals surface area (Å²) < 4.78 is 0. The molecule has 0 aliphatic carbocycles. The molecule has 5 heteroatoms. The number of hydrogen-bond donors (Lipinski definition) is 2. The van der Waals surface area contributed by atoms with Gasteiger partial charge in [-0.05, 0) is 13.3 Å². The molecule has 72 valence electrons. The van der Waals surface area contributed by atoms with Crippen LogP contribution in [0, 0.1) is 0 Å². The fraction of sp³-hybridized carbons (Fsp3) is 0.500. The molecule has 1 rings (SSSR count). The van der Waals surface area contributed by atoms with Crippen molar-refractivity contribution in [3.05, 3.63) is 17.5 Å². The molecule has 0 radical (unpaired) electrons. The molecule has 1 unspecified atom stereocenters. The van der Waals surface area contributed by atoms with E-state index in [0.29, 0.717) is 17.4 Å². The zero-order valence-corrected chi connectivity index (χ0v) is 8.12. The summed E-state index contributed by atoms with van der Waals surface area (Å²) >= 11 is 5.66. The van der Waals surface area contributed by atoms with Gasteiger partial charge in [-0.2, -0.15) is 0 Å². The minimum absolute atomic E-state index is 0.160. The van der Waals surface area contributed by atoms with Crippen LogP contribution in [0.3, 0.4) is 0 Å². The van der Waals surface area contributed by atoms with E-state index in [1.54, 1.807) is 6.07 Å². The van der Waals surface area contributed by atoms with E-state index < -0.39 is 0 Å². The molecule has 0 amide bonds. The number of hydrogen-bond acceptors (Lipinski definition) is 4. The summed E-state index contributed by atoms with van der Waals surface area (Å²) in [5.41, 5.74) is 0. The number of rotatable bonds is 4. The van der Waals surface area contributed by atoms with Gasteiger partial charge in [0.15, 0.2) is 0 Å². The van der Waals surface area contributed by atoms with Crippen molar-refractivity contribution < 1.29 is 5.11 Å². The summed E-state index contributed by atoms with van der Waals surface area (Å²) in [6.45, 7) is 2.12. The van der Waals surface area contributed by atoms with Crippen molar-refractivity contribution in [2.75, 3.05) is 11.9 Å². The van der Waals surface area contributed by atoms with Gasteiger partial charge in [-0.3, -0.25) is 0 Å². The van der Waals surface area contributed by atoms with Gasteiger partial charge in [-0.1, -0.05) is 11.6 Å². The molecule has 0 aliphatic rings. The van der Waals surface area contributed by atoms with Crippen molar-refractivity contribution in [3.8, 4) is 0 Å². The van der Waals surface area contributed by atoms with Crippen LogP contribution in [0.15, 0.2) is 12.4 Å². The van der Waals surface area contributed by atoms with Crippen molar-refractivity contribution in [2.45, 2.75) is 19.4 Å². The van der Waals surface area contributed by atoms with Crippen LogP contribution in [-0.4, -0.2) is 27.7 Å². The number of nitrogens with zero attached hydrogens (tertiary/aromatic N) is 2. The van der Waals surface area contributed by atoms with Gasteiger partial charge in [0.1, 0.15) is 17.3 Å². The second-order valence-electron chi connectivity index (χ2n) is 2.78. The molecule has 1 aromatic rings. The average molecular weight is 202 g/mol. The third kappa shape index (κ3) is 3.57. The fourth-order valence-corrected chi connectivity index (χ4v) is 1.08. The van der Waals surface area contributed by atoms with E-state index in [1.807, 2.05) is 6.92 Å². The first kappa shape index (κ1) is 10.2. The van der Waals surface area contributed by atoms with Crippen molar-refractivity contribution >= 4 is 17.4 Å². The molecule has 2 N–H and O–H groups in total. The van der Waals surface area contributed by atoms with Crippen LogP contribution in [-0.2, 0) is 0 Å². The molecule has 13 heavy (non-hydrogen) atoms. The van der Waals surface area contributed by atoms with Crippen molar-refractivity contribution in [1.82, 2.24) is 9.97 Å². The molecular formula is C8H12ClN3O. The number of nitrogens with one attached hydrogen (secondary N) is 1. The minimum atomic E-state index is 0.160. The Balaban J connectivity index is 2.53. The molecular weight excluding hydrogens is 190 g/mol. The first-order valence-corrected chi connectivity index (χ1v) is 4.45. The van der Waals surface area contributed by atoms with Crippen molar-refractivity contribution in [1.29, 1.82) is 0 Å². The van der Waals surface area contributed by atoms with Crippen LogP contribution in [0.5, 0.6) is 0 Å². The van der Waals surface area contributed by atoms with Crippen LogP contribution in [0.2, 0.25) is 5.15 Å². The molecule has 0 saturated carbocycles. The van der Waals surface area contributed by atoms with Gasteiger partial charge in [0.2, 0.25) is 0 Å². The second-order valence-corrected chi connectivity index (χ2v) is 3.17. The number of anilines is 1. The van der Waals surface area contributed by atoms with Crippen molar-refractivity contribution in [2.24, 2.45) is 0 Å². The third-order valence-corrected chi connectivity index (χ3v) is 1.80. The van der Waals surface area contributed by atoms with Gasteiger partial charge in [0.25, 0.3) is 0 Å². The van der Waals surface area contributed by atoms with E-state index in [1.165, 1.54) is 6.33 Å². The quantitative estimate of drug-likeness (QED) is 0.722. The SMILES string of the molecule is CC(CCO)Nc1cc(Cl)ncn1. The lowest BCUT2D eigenvalue weighted by atomic mass is 10.2. The molecule has 0 fully saturated rings. The maximum Gasteiger partial charge on any atom is 0.134 e. The molecule has 1 atom stereocenters. The summed E-state index contributed by atoms with van der Waals surface area (Å²) in [5, 5.41) is 12.2. The first-order valence-electron chi connectivity index (χ1n) is 4.07. The largest absolute Gasteiger partial charge is 0.396 e. The summed E-state index contributed by atoms with van der Waals surface area (Å²) in [6, 6.07) is 1.83. The van der Waals surface area contributed by atoms with Gasteiger partial charge in [-0.15, -0.1) is 0 Å². The maximum absolute atomic E-state index is 8.67. The smallest absolute Gasteiger partial charge is 0.134 e. The maximum atomic E-state index is 8.67. The van der Waals surface area contributed by atoms with Gasteiger partial charge in [0, 0.05) is 18.7 Å². The lowest BCUT2D eigenvalue weighted by Gasteiger charge is -2.12. The zero-order valence-electron chi connectivity index (χ0n) is 7.37. The van der Waals surface area contributed by atoms with E-state index in [0.717, 1.165) is 0 Å². The van der Waals surface area contributed by atoms with Gasteiger partial charge in [-0.25, -0.2) is 9.97 Å². The lowest BCUT2D eigenvalue weighted by Crippen LogP contribution is -2.17. The molecule has 1 heterocycles. The average Bonchev–Trinajstić information content (AvgIpc) is 2.04. The predicted molar refractivity (Wildman–Crippen MR) is 51.8 cm³/mol. The third-order valence-electron chi connectivity index (χ3n) is 1.59. The number of halogens is 1. The zero-order chi connectivity index (χ0) is 9.68. The highest BCUT2D eigenvalue weighted by Crippen LogP contribution is 2.10. The van der Waals surface area contributed by atoms with Crippen LogP contribution >= 0.6 is 11.6 Å². The highest BCUT2D eigenvalue weighted by Gasteiger charge is 2.02. The monoisotopic (exact) mass is 201 g/mol. The molecule has 1 aromatic heterocycles. The van der Waals surface area contributed by atoms with Gasteiger partial charge in [0.05, 0.1) is 0 Å². The molecule has 0 spiro atoms. The Kier molecular flexibility index (Phi) is 3.92. The van der Waals surface area contributed by atoms with Crippen molar-refractivity contribution in [3.63, 3.8) is 0 Å². The topological polar surface area (TPSA) is 58.0 Å². The van der Waals surface area contributed by atoms with Crippen LogP contribution in [0.1, 0.15) is 13.3 Å². The predicted octanol–water partition coefficient (Wildman–Crippen LogP) is 1.31. The minimum Gasteiger partial charge on any atom is -0.396 e. The Morgan fingerprint density at radius 2 is 2.38 bits per heavy atom. The number of aliphatic hydroxyl groups excluding tert-OH is 1.